The molecule has 5 amide bonds. The maximum absolute atomic E-state index is 14.1. The number of urea groups is 1. The van der Waals surface area contributed by atoms with Gasteiger partial charge in [-0.25, -0.2) is 14.0 Å². The van der Waals surface area contributed by atoms with Crippen LogP contribution in [0.5, 0.6) is 0 Å². The minimum Gasteiger partial charge on any atom is -0.355 e. The van der Waals surface area contributed by atoms with Crippen LogP contribution in [0.1, 0.15) is 48.9 Å². The van der Waals surface area contributed by atoms with Gasteiger partial charge in [-0.15, -0.1) is 11.3 Å². The molecule has 39 heavy (non-hydrogen) atoms. The van der Waals surface area contributed by atoms with Gasteiger partial charge in [-0.2, -0.15) is 0 Å². The average Bonchev–Trinajstić information content (AvgIpc) is 3.32. The average molecular weight is 560 g/mol. The zero-order valence-electron chi connectivity index (χ0n) is 22.2. The first-order valence-corrected chi connectivity index (χ1v) is 14.5. The lowest BCUT2D eigenvalue weighted by molar-refractivity contribution is -0.574. The first kappa shape index (κ1) is 27.5. The van der Waals surface area contributed by atoms with Gasteiger partial charge >= 0.3 is 11.9 Å². The van der Waals surface area contributed by atoms with Gasteiger partial charge in [-0.3, -0.25) is 25.1 Å². The number of likely N-dealkylation sites (tertiary alicyclic amines) is 2. The van der Waals surface area contributed by atoms with Crippen LogP contribution in [0, 0.1) is 11.2 Å². The number of anilines is 1. The molecule has 10 nitrogen and oxygen atoms in total. The van der Waals surface area contributed by atoms with Crippen molar-refractivity contribution < 1.29 is 28.9 Å². The lowest BCUT2D eigenvalue weighted by atomic mass is 9.77. The second-order valence-corrected chi connectivity index (χ2v) is 11.7. The summed E-state index contributed by atoms with van der Waals surface area (Å²) < 4.78 is 14.8. The first-order chi connectivity index (χ1) is 18.8. The van der Waals surface area contributed by atoms with Crippen molar-refractivity contribution in [3.8, 4) is 0 Å². The van der Waals surface area contributed by atoms with Gasteiger partial charge in [0.25, 0.3) is 5.91 Å². The second kappa shape index (κ2) is 11.6. The number of halogens is 1. The minimum atomic E-state index is -1.03. The van der Waals surface area contributed by atoms with Crippen molar-refractivity contribution in [3.63, 3.8) is 0 Å². The molecule has 0 radical (unpaired) electrons. The molecule has 3 aliphatic rings. The van der Waals surface area contributed by atoms with E-state index >= 15 is 0 Å². The van der Waals surface area contributed by atoms with Crippen molar-refractivity contribution in [1.29, 1.82) is 0 Å². The number of amides is 5. The summed E-state index contributed by atoms with van der Waals surface area (Å²) in [7, 11) is 1.49. The van der Waals surface area contributed by atoms with Crippen LogP contribution in [-0.4, -0.2) is 85.9 Å². The monoisotopic (exact) mass is 559 g/mol. The molecule has 1 atom stereocenters. The number of thiophene rings is 1. The van der Waals surface area contributed by atoms with Crippen molar-refractivity contribution >= 4 is 50.2 Å². The molecule has 5 N–H and O–H groups in total. The highest BCUT2D eigenvalue weighted by Gasteiger charge is 2.52. The summed E-state index contributed by atoms with van der Waals surface area (Å²) in [6, 6.07) is 4.00. The highest BCUT2D eigenvalue weighted by atomic mass is 32.1. The largest absolute Gasteiger partial charge is 0.355 e. The Bertz CT molecular complexity index is 1250. The van der Waals surface area contributed by atoms with E-state index in [0.29, 0.717) is 67.9 Å². The van der Waals surface area contributed by atoms with Crippen molar-refractivity contribution in [2.24, 2.45) is 5.41 Å². The number of hydrogen-bond acceptors (Lipinski definition) is 6. The third-order valence-corrected chi connectivity index (χ3v) is 9.35. The van der Waals surface area contributed by atoms with Crippen molar-refractivity contribution in [3.05, 3.63) is 29.6 Å². The Balaban J connectivity index is 1.31. The van der Waals surface area contributed by atoms with E-state index in [4.69, 9.17) is 0 Å². The summed E-state index contributed by atoms with van der Waals surface area (Å²) >= 11 is 1.24. The molecule has 5 rings (SSSR count). The van der Waals surface area contributed by atoms with E-state index in [-0.39, 0.29) is 23.8 Å². The van der Waals surface area contributed by atoms with Gasteiger partial charge in [0.15, 0.2) is 5.41 Å². The molecule has 1 unspecified atom stereocenters. The predicted octanol–water partition coefficient (Wildman–Crippen LogP) is 1.48. The van der Waals surface area contributed by atoms with Crippen molar-refractivity contribution in [2.75, 3.05) is 51.6 Å². The van der Waals surface area contributed by atoms with Crippen LogP contribution in [0.3, 0.4) is 0 Å². The van der Waals surface area contributed by atoms with E-state index in [1.165, 1.54) is 30.5 Å². The molecule has 3 saturated heterocycles. The number of benzene rings is 1. The smallest absolute Gasteiger partial charge is 0.327 e. The zero-order chi connectivity index (χ0) is 27.6. The Morgan fingerprint density at radius 1 is 1.15 bits per heavy atom. The van der Waals surface area contributed by atoms with Gasteiger partial charge in [0.1, 0.15) is 10.8 Å². The molecule has 3 aliphatic heterocycles. The highest BCUT2D eigenvalue weighted by molar-refractivity contribution is 7.23. The van der Waals surface area contributed by atoms with Gasteiger partial charge in [-0.1, -0.05) is 0 Å². The van der Waals surface area contributed by atoms with E-state index < -0.39 is 17.3 Å². The van der Waals surface area contributed by atoms with E-state index in [9.17, 15) is 23.6 Å². The quantitative estimate of drug-likeness (QED) is 0.424. The maximum atomic E-state index is 14.1. The van der Waals surface area contributed by atoms with Crippen LogP contribution < -0.4 is 21.3 Å². The Morgan fingerprint density at radius 2 is 1.95 bits per heavy atom. The minimum absolute atomic E-state index is 0.0630. The molecule has 210 valence electrons. The van der Waals surface area contributed by atoms with Crippen LogP contribution >= 0.6 is 11.3 Å². The van der Waals surface area contributed by atoms with Crippen molar-refractivity contribution in [1.82, 2.24) is 20.4 Å². The second-order valence-electron chi connectivity index (χ2n) is 10.7. The molecular formula is C27H36FN6O4S+. The number of carbonyl (C=O) groups excluding carboxylic acids is 4. The number of fused-ring (bicyclic) bond motifs is 1. The van der Waals surface area contributed by atoms with Gasteiger partial charge < -0.3 is 15.5 Å². The standard InChI is InChI=1S/C27H35FN6O4S/c1-29-26(38)32-22-21(19-15-17(28)5-6-20(19)39-22)23(35)33-13-7-18(8-14-33)34-12-4-9-27(16-34)24(36)30-10-2-3-11-31-25(27)37/h5-6,15,18H,2-4,7-14,16H2,1H3,(H,30,36)(H,31,37)(H2,29,32,38)/p+1. The predicted molar refractivity (Wildman–Crippen MR) is 146 cm³/mol. The maximum Gasteiger partial charge on any atom is 0.327 e. The first-order valence-electron chi connectivity index (χ1n) is 13.7. The number of nitrogens with two attached hydrogens (primary N) is 1. The summed E-state index contributed by atoms with van der Waals surface area (Å²) in [5.74, 6) is -0.908. The van der Waals surface area contributed by atoms with E-state index in [0.717, 1.165) is 30.5 Å². The van der Waals surface area contributed by atoms with E-state index in [2.05, 4.69) is 20.9 Å². The molecule has 1 aromatic carbocycles. The Kier molecular flexibility index (Phi) is 8.15. The topological polar surface area (TPSA) is 127 Å². The van der Waals surface area contributed by atoms with Crippen LogP contribution in [0.2, 0.25) is 0 Å². The Morgan fingerprint density at radius 3 is 2.72 bits per heavy atom. The van der Waals surface area contributed by atoms with Gasteiger partial charge in [0.05, 0.1) is 12.1 Å². The third kappa shape index (κ3) is 5.50. The molecule has 1 spiro atoms. The van der Waals surface area contributed by atoms with Crippen LogP contribution in [0.15, 0.2) is 18.2 Å². The molecule has 1 aromatic heterocycles. The number of carbonyl (C=O) groups is 4. The molecule has 0 saturated carbocycles. The fourth-order valence-electron chi connectivity index (χ4n) is 6.10. The SMILES string of the molecule is CNC(=O)Nc1sc2ccc(F)cc2c1C(=O)N1CCC(N2CCCC3(C2)C(=O)NCCCC[NH2+]C3=O)CC1. The zero-order valence-corrected chi connectivity index (χ0v) is 23.0. The summed E-state index contributed by atoms with van der Waals surface area (Å²) in [5.41, 5.74) is -0.729. The fourth-order valence-corrected chi connectivity index (χ4v) is 7.17. The Labute approximate surface area is 230 Å². The van der Waals surface area contributed by atoms with E-state index in [1.807, 2.05) is 0 Å². The van der Waals surface area contributed by atoms with Crippen molar-refractivity contribution in [2.45, 2.75) is 44.6 Å². The summed E-state index contributed by atoms with van der Waals surface area (Å²) in [4.78, 5) is 56.2. The molecule has 4 heterocycles. The summed E-state index contributed by atoms with van der Waals surface area (Å²) in [6.45, 7) is 3.50. The molecular weight excluding hydrogens is 523 g/mol. The number of rotatable bonds is 3. The number of hydrogen-bond donors (Lipinski definition) is 4. The molecule has 3 fully saturated rings. The summed E-state index contributed by atoms with van der Waals surface area (Å²) in [6.07, 6.45) is 4.50. The number of primary amides is 1. The number of quaternary nitrogens is 1. The number of nitrogens with one attached hydrogen (secondary N) is 3. The van der Waals surface area contributed by atoms with Gasteiger partial charge in [0.2, 0.25) is 5.91 Å². The molecule has 0 bridgehead atoms. The van der Waals surface area contributed by atoms with Crippen LogP contribution in [0.4, 0.5) is 14.2 Å². The molecule has 2 aromatic rings. The Hall–Kier alpha value is -3.09. The summed E-state index contributed by atoms with van der Waals surface area (Å²) in [5, 5.41) is 10.8. The van der Waals surface area contributed by atoms with Gasteiger partial charge in [-0.05, 0) is 63.3 Å². The lowest BCUT2D eigenvalue weighted by Gasteiger charge is -2.45. The van der Waals surface area contributed by atoms with E-state index in [1.54, 1.807) is 16.3 Å². The molecule has 0 aliphatic carbocycles. The lowest BCUT2D eigenvalue weighted by Crippen LogP contribution is -2.92. The normalized spacial score (nSPS) is 23.7. The van der Waals surface area contributed by atoms with Crippen LogP contribution in [-0.2, 0) is 9.59 Å². The molecule has 12 heteroatoms. The highest BCUT2D eigenvalue weighted by Crippen LogP contribution is 2.38. The number of nitrogens with zero attached hydrogens (tertiary/aromatic N) is 2. The fraction of sp³-hybridized carbons (Fsp3) is 0.556. The van der Waals surface area contributed by atoms with Gasteiger partial charge in [0, 0.05) is 49.4 Å². The van der Waals surface area contributed by atoms with Crippen LogP contribution in [0.25, 0.3) is 10.1 Å². The third-order valence-electron chi connectivity index (χ3n) is 8.26. The number of piperidine rings is 2.